The van der Waals surface area contributed by atoms with Crippen LogP contribution in [0.5, 0.6) is 0 Å². The maximum atomic E-state index is 10.7. The van der Waals surface area contributed by atoms with Gasteiger partial charge in [0.25, 0.3) is 0 Å². The third kappa shape index (κ3) is 3.61. The van der Waals surface area contributed by atoms with E-state index in [2.05, 4.69) is 14.9 Å². The first-order valence-corrected chi connectivity index (χ1v) is 7.41. The van der Waals surface area contributed by atoms with E-state index in [1.165, 1.54) is 11.3 Å². The van der Waals surface area contributed by atoms with Crippen molar-refractivity contribution in [3.05, 3.63) is 29.4 Å². The van der Waals surface area contributed by atoms with E-state index in [1.807, 2.05) is 19.2 Å². The van der Waals surface area contributed by atoms with E-state index in [9.17, 15) is 4.79 Å². The van der Waals surface area contributed by atoms with Gasteiger partial charge >= 0.3 is 0 Å². The molecule has 2 aromatic rings. The Kier molecular flexibility index (Phi) is 5.20. The number of aldehydes is 1. The minimum Gasteiger partial charge on any atom is -0.360 e. The molecule has 6 heteroatoms. The van der Waals surface area contributed by atoms with Gasteiger partial charge in [-0.15, -0.1) is 11.3 Å². The van der Waals surface area contributed by atoms with Crippen LogP contribution in [0.3, 0.4) is 0 Å². The second-order valence-electron chi connectivity index (χ2n) is 4.52. The first-order valence-electron chi connectivity index (χ1n) is 6.53. The molecule has 0 atom stereocenters. The second-order valence-corrected chi connectivity index (χ2v) is 5.37. The Balaban J connectivity index is 2.12. The van der Waals surface area contributed by atoms with E-state index >= 15 is 0 Å². The molecule has 0 fully saturated rings. The number of carbonyl (C=O) groups is 1. The molecule has 0 saturated heterocycles. The highest BCUT2D eigenvalue weighted by atomic mass is 32.1. The number of hydrogen-bond donors (Lipinski definition) is 1. The average Bonchev–Trinajstić information content (AvgIpc) is 2.96. The SMILES string of the molecule is CN(CCCCN)c1cc(-c2nc(C=O)cs2)ccn1. The number of rotatable bonds is 7. The number of thiazole rings is 1. The lowest BCUT2D eigenvalue weighted by Crippen LogP contribution is -2.20. The fourth-order valence-corrected chi connectivity index (χ4v) is 2.60. The maximum absolute atomic E-state index is 10.7. The van der Waals surface area contributed by atoms with Gasteiger partial charge in [-0.1, -0.05) is 0 Å². The van der Waals surface area contributed by atoms with Crippen molar-refractivity contribution in [1.82, 2.24) is 9.97 Å². The molecular formula is C14H18N4OS. The van der Waals surface area contributed by atoms with Crippen molar-refractivity contribution in [3.63, 3.8) is 0 Å². The van der Waals surface area contributed by atoms with Crippen molar-refractivity contribution in [2.24, 2.45) is 5.73 Å². The molecule has 5 nitrogen and oxygen atoms in total. The highest BCUT2D eigenvalue weighted by Crippen LogP contribution is 2.25. The summed E-state index contributed by atoms with van der Waals surface area (Å²) in [5.74, 6) is 0.905. The fraction of sp³-hybridized carbons (Fsp3) is 0.357. The lowest BCUT2D eigenvalue weighted by Gasteiger charge is -2.18. The van der Waals surface area contributed by atoms with Crippen LogP contribution >= 0.6 is 11.3 Å². The number of hydrogen-bond acceptors (Lipinski definition) is 6. The number of aromatic nitrogens is 2. The van der Waals surface area contributed by atoms with Crippen molar-refractivity contribution in [3.8, 4) is 10.6 Å². The highest BCUT2D eigenvalue weighted by molar-refractivity contribution is 7.13. The molecule has 0 bridgehead atoms. The lowest BCUT2D eigenvalue weighted by molar-refractivity contribution is 0.111. The molecule has 0 saturated carbocycles. The number of nitrogens with zero attached hydrogens (tertiary/aromatic N) is 3. The van der Waals surface area contributed by atoms with Gasteiger partial charge in [-0.05, 0) is 31.5 Å². The van der Waals surface area contributed by atoms with Gasteiger partial charge in [0.2, 0.25) is 0 Å². The first-order chi connectivity index (χ1) is 9.74. The minimum absolute atomic E-state index is 0.472. The first kappa shape index (κ1) is 14.6. The summed E-state index contributed by atoms with van der Waals surface area (Å²) in [6.45, 7) is 1.64. The molecule has 0 aliphatic heterocycles. The zero-order valence-corrected chi connectivity index (χ0v) is 12.3. The highest BCUT2D eigenvalue weighted by Gasteiger charge is 2.08. The predicted molar refractivity (Wildman–Crippen MR) is 82.3 cm³/mol. The Labute approximate surface area is 122 Å². The standard InChI is InChI=1S/C14H18N4OS/c1-18(7-3-2-5-15)13-8-11(4-6-16-13)14-17-12(9-19)10-20-14/h4,6,8-10H,2-3,5,7,15H2,1H3. The molecule has 0 radical (unpaired) electrons. The van der Waals surface area contributed by atoms with Gasteiger partial charge in [0.15, 0.2) is 6.29 Å². The van der Waals surface area contributed by atoms with Crippen molar-refractivity contribution < 1.29 is 4.79 Å². The van der Waals surface area contributed by atoms with Gasteiger partial charge in [-0.3, -0.25) is 4.79 Å². The van der Waals surface area contributed by atoms with E-state index in [4.69, 9.17) is 5.73 Å². The van der Waals surface area contributed by atoms with E-state index in [0.29, 0.717) is 5.69 Å². The van der Waals surface area contributed by atoms with Crippen LogP contribution in [-0.2, 0) is 0 Å². The monoisotopic (exact) mass is 290 g/mol. The van der Waals surface area contributed by atoms with Gasteiger partial charge in [0.05, 0.1) is 0 Å². The van der Waals surface area contributed by atoms with E-state index < -0.39 is 0 Å². The number of anilines is 1. The van der Waals surface area contributed by atoms with Gasteiger partial charge in [-0.2, -0.15) is 0 Å². The van der Waals surface area contributed by atoms with Crippen molar-refractivity contribution in [1.29, 1.82) is 0 Å². The molecule has 2 N–H and O–H groups in total. The third-order valence-electron chi connectivity index (χ3n) is 2.97. The van der Waals surface area contributed by atoms with Gasteiger partial charge in [0, 0.05) is 30.7 Å². The summed E-state index contributed by atoms with van der Waals surface area (Å²) in [6, 6.07) is 3.90. The zero-order chi connectivity index (χ0) is 14.4. The third-order valence-corrected chi connectivity index (χ3v) is 3.88. The number of pyridine rings is 1. The smallest absolute Gasteiger partial charge is 0.169 e. The normalized spacial score (nSPS) is 10.5. The van der Waals surface area contributed by atoms with E-state index in [-0.39, 0.29) is 0 Å². The maximum Gasteiger partial charge on any atom is 0.169 e. The summed E-state index contributed by atoms with van der Waals surface area (Å²) in [5.41, 5.74) is 6.96. The molecule has 0 amide bonds. The van der Waals surface area contributed by atoms with Crippen LogP contribution in [0.15, 0.2) is 23.7 Å². The van der Waals surface area contributed by atoms with Crippen LogP contribution in [0.2, 0.25) is 0 Å². The number of unbranched alkanes of at least 4 members (excludes halogenated alkanes) is 1. The topological polar surface area (TPSA) is 72.1 Å². The fourth-order valence-electron chi connectivity index (χ4n) is 1.84. The molecule has 2 heterocycles. The molecule has 0 spiro atoms. The molecule has 106 valence electrons. The molecule has 0 aliphatic rings. The summed E-state index contributed by atoms with van der Waals surface area (Å²) in [7, 11) is 2.02. The molecular weight excluding hydrogens is 272 g/mol. The molecule has 0 aliphatic carbocycles. The van der Waals surface area contributed by atoms with Crippen LogP contribution < -0.4 is 10.6 Å². The molecule has 20 heavy (non-hydrogen) atoms. The van der Waals surface area contributed by atoms with Crippen molar-refractivity contribution in [2.45, 2.75) is 12.8 Å². The molecule has 0 unspecified atom stereocenters. The minimum atomic E-state index is 0.472. The molecule has 2 rings (SSSR count). The number of nitrogens with two attached hydrogens (primary N) is 1. The van der Waals surface area contributed by atoms with E-state index in [0.717, 1.165) is 48.6 Å². The summed E-state index contributed by atoms with van der Waals surface area (Å²) in [4.78, 5) is 21.4. The van der Waals surface area contributed by atoms with Crippen LogP contribution in [0.1, 0.15) is 23.3 Å². The second kappa shape index (κ2) is 7.12. The van der Waals surface area contributed by atoms with Gasteiger partial charge < -0.3 is 10.6 Å². The Hall–Kier alpha value is -1.79. The van der Waals surface area contributed by atoms with E-state index in [1.54, 1.807) is 11.6 Å². The largest absolute Gasteiger partial charge is 0.360 e. The Bertz CT molecular complexity index is 570. The summed E-state index contributed by atoms with van der Waals surface area (Å²) in [5, 5.41) is 2.60. The van der Waals surface area contributed by atoms with Crippen molar-refractivity contribution in [2.75, 3.05) is 25.0 Å². The Morgan fingerprint density at radius 1 is 1.45 bits per heavy atom. The Morgan fingerprint density at radius 2 is 2.30 bits per heavy atom. The van der Waals surface area contributed by atoms with Crippen LogP contribution in [0.4, 0.5) is 5.82 Å². The summed E-state index contributed by atoms with van der Waals surface area (Å²) in [6.07, 6.45) is 4.60. The van der Waals surface area contributed by atoms with Crippen LogP contribution in [-0.4, -0.2) is 36.4 Å². The Morgan fingerprint density at radius 3 is 3.00 bits per heavy atom. The summed E-state index contributed by atoms with van der Waals surface area (Å²) >= 11 is 1.46. The van der Waals surface area contributed by atoms with Gasteiger partial charge in [-0.25, -0.2) is 9.97 Å². The average molecular weight is 290 g/mol. The van der Waals surface area contributed by atoms with Gasteiger partial charge in [0.1, 0.15) is 16.5 Å². The summed E-state index contributed by atoms with van der Waals surface area (Å²) < 4.78 is 0. The molecule has 2 aromatic heterocycles. The van der Waals surface area contributed by atoms with Crippen LogP contribution in [0, 0.1) is 0 Å². The molecule has 0 aromatic carbocycles. The quantitative estimate of drug-likeness (QED) is 0.625. The lowest BCUT2D eigenvalue weighted by atomic mass is 10.2. The van der Waals surface area contributed by atoms with Crippen LogP contribution in [0.25, 0.3) is 10.6 Å². The van der Waals surface area contributed by atoms with Crippen molar-refractivity contribution >= 4 is 23.4 Å². The zero-order valence-electron chi connectivity index (χ0n) is 11.5. The number of carbonyl (C=O) groups excluding carboxylic acids is 1. The predicted octanol–water partition coefficient (Wildman–Crippen LogP) is 2.19.